The lowest BCUT2D eigenvalue weighted by molar-refractivity contribution is 0.273. The standard InChI is InChI=1S/C6H14N2.ClH/c1-8(2)5-6-3-4-7-6;/h6-7H,3-5H2,1-2H3;1H. The summed E-state index contributed by atoms with van der Waals surface area (Å²) in [5, 5.41) is 3.34. The van der Waals surface area contributed by atoms with E-state index in [0.717, 1.165) is 6.04 Å². The molecule has 3 heteroatoms. The van der Waals surface area contributed by atoms with Crippen LogP contribution in [-0.4, -0.2) is 38.1 Å². The average molecular weight is 151 g/mol. The van der Waals surface area contributed by atoms with Crippen LogP contribution in [0.25, 0.3) is 0 Å². The lowest BCUT2D eigenvalue weighted by Gasteiger charge is -2.29. The first-order chi connectivity index (χ1) is 3.79. The van der Waals surface area contributed by atoms with Gasteiger partial charge in [-0.25, -0.2) is 0 Å². The molecule has 0 amide bonds. The highest BCUT2D eigenvalue weighted by Crippen LogP contribution is 2.01. The van der Waals surface area contributed by atoms with Crippen molar-refractivity contribution in [2.24, 2.45) is 0 Å². The van der Waals surface area contributed by atoms with Crippen molar-refractivity contribution in [2.45, 2.75) is 12.5 Å². The highest BCUT2D eigenvalue weighted by atomic mass is 35.5. The molecule has 0 aromatic carbocycles. The van der Waals surface area contributed by atoms with Crippen LogP contribution in [0.15, 0.2) is 0 Å². The summed E-state index contributed by atoms with van der Waals surface area (Å²) in [7, 11) is 4.22. The zero-order chi connectivity index (χ0) is 5.98. The van der Waals surface area contributed by atoms with Gasteiger partial charge in [0, 0.05) is 12.6 Å². The summed E-state index contributed by atoms with van der Waals surface area (Å²) < 4.78 is 0. The zero-order valence-electron chi connectivity index (χ0n) is 6.05. The van der Waals surface area contributed by atoms with Crippen LogP contribution >= 0.6 is 12.4 Å². The molecule has 1 rings (SSSR count). The van der Waals surface area contributed by atoms with Gasteiger partial charge in [-0.2, -0.15) is 0 Å². The van der Waals surface area contributed by atoms with Crippen molar-refractivity contribution in [1.29, 1.82) is 0 Å². The van der Waals surface area contributed by atoms with Crippen LogP contribution in [0.2, 0.25) is 0 Å². The normalized spacial score (nSPS) is 25.0. The van der Waals surface area contributed by atoms with Crippen molar-refractivity contribution in [3.8, 4) is 0 Å². The van der Waals surface area contributed by atoms with E-state index in [0.29, 0.717) is 0 Å². The molecular formula is C6H15ClN2. The molecular weight excluding hydrogens is 136 g/mol. The molecule has 0 bridgehead atoms. The van der Waals surface area contributed by atoms with Gasteiger partial charge < -0.3 is 10.2 Å². The Morgan fingerprint density at radius 2 is 2.11 bits per heavy atom. The third-order valence-corrected chi connectivity index (χ3v) is 1.51. The third kappa shape index (κ3) is 3.04. The maximum atomic E-state index is 3.34. The summed E-state index contributed by atoms with van der Waals surface area (Å²) in [5.74, 6) is 0. The molecule has 0 saturated carbocycles. The third-order valence-electron chi connectivity index (χ3n) is 1.51. The van der Waals surface area contributed by atoms with Crippen LogP contribution < -0.4 is 5.32 Å². The minimum atomic E-state index is 0. The number of nitrogens with zero attached hydrogens (tertiary/aromatic N) is 1. The smallest absolute Gasteiger partial charge is 0.0206 e. The molecule has 1 atom stereocenters. The van der Waals surface area contributed by atoms with Crippen molar-refractivity contribution >= 4 is 12.4 Å². The Labute approximate surface area is 63.0 Å². The van der Waals surface area contributed by atoms with Gasteiger partial charge in [0.05, 0.1) is 0 Å². The Hall–Kier alpha value is 0.210. The molecule has 1 N–H and O–H groups in total. The maximum Gasteiger partial charge on any atom is 0.0206 e. The van der Waals surface area contributed by atoms with Crippen molar-refractivity contribution < 1.29 is 0 Å². The molecule has 9 heavy (non-hydrogen) atoms. The largest absolute Gasteiger partial charge is 0.313 e. The summed E-state index contributed by atoms with van der Waals surface area (Å²) in [6.07, 6.45) is 1.36. The monoisotopic (exact) mass is 150 g/mol. The Bertz CT molecular complexity index is 71.5. The van der Waals surface area contributed by atoms with Crippen LogP contribution in [0.5, 0.6) is 0 Å². The van der Waals surface area contributed by atoms with Crippen LogP contribution in [0.3, 0.4) is 0 Å². The number of hydrogen-bond donors (Lipinski definition) is 1. The quantitative estimate of drug-likeness (QED) is 0.611. The van der Waals surface area contributed by atoms with E-state index in [1.807, 2.05) is 0 Å². The van der Waals surface area contributed by atoms with Gasteiger partial charge in [-0.3, -0.25) is 0 Å². The van der Waals surface area contributed by atoms with E-state index < -0.39 is 0 Å². The highest BCUT2D eigenvalue weighted by molar-refractivity contribution is 5.85. The Morgan fingerprint density at radius 3 is 2.22 bits per heavy atom. The van der Waals surface area contributed by atoms with E-state index in [1.165, 1.54) is 19.5 Å². The van der Waals surface area contributed by atoms with Crippen molar-refractivity contribution in [3.63, 3.8) is 0 Å². The molecule has 0 aromatic rings. The van der Waals surface area contributed by atoms with Gasteiger partial charge in [0.1, 0.15) is 0 Å². The zero-order valence-corrected chi connectivity index (χ0v) is 6.87. The van der Waals surface area contributed by atoms with Gasteiger partial charge in [-0.05, 0) is 27.1 Å². The number of rotatable bonds is 2. The van der Waals surface area contributed by atoms with Crippen molar-refractivity contribution in [2.75, 3.05) is 27.2 Å². The second-order valence-electron chi connectivity index (χ2n) is 2.70. The highest BCUT2D eigenvalue weighted by Gasteiger charge is 2.15. The average Bonchev–Trinajstić information content (AvgIpc) is 1.55. The summed E-state index contributed by atoms with van der Waals surface area (Å²) in [6, 6.07) is 0.782. The first kappa shape index (κ1) is 9.21. The molecule has 0 aromatic heterocycles. The van der Waals surface area contributed by atoms with Gasteiger partial charge in [-0.1, -0.05) is 0 Å². The SMILES string of the molecule is CN(C)CC1CCN1.Cl. The number of halogens is 1. The second kappa shape index (κ2) is 4.09. The van der Waals surface area contributed by atoms with Gasteiger partial charge in [0.25, 0.3) is 0 Å². The van der Waals surface area contributed by atoms with Gasteiger partial charge in [0.2, 0.25) is 0 Å². The second-order valence-corrected chi connectivity index (χ2v) is 2.70. The first-order valence-corrected chi connectivity index (χ1v) is 3.17. The fraction of sp³-hybridized carbons (Fsp3) is 1.00. The van der Waals surface area contributed by atoms with E-state index >= 15 is 0 Å². The molecule has 2 nitrogen and oxygen atoms in total. The van der Waals surface area contributed by atoms with Crippen molar-refractivity contribution in [1.82, 2.24) is 10.2 Å². The molecule has 56 valence electrons. The lowest BCUT2D eigenvalue weighted by Crippen LogP contribution is -2.48. The van der Waals surface area contributed by atoms with E-state index in [2.05, 4.69) is 24.3 Å². The number of hydrogen-bond acceptors (Lipinski definition) is 2. The minimum Gasteiger partial charge on any atom is -0.313 e. The number of nitrogens with one attached hydrogen (secondary N) is 1. The maximum absolute atomic E-state index is 3.34. The topological polar surface area (TPSA) is 15.3 Å². The molecule has 1 aliphatic rings. The van der Waals surface area contributed by atoms with E-state index in [9.17, 15) is 0 Å². The summed E-state index contributed by atoms with van der Waals surface area (Å²) in [5.41, 5.74) is 0. The summed E-state index contributed by atoms with van der Waals surface area (Å²) >= 11 is 0. The Kier molecular flexibility index (Phi) is 4.19. The predicted octanol–water partition coefficient (Wildman–Crippen LogP) is 0.332. The van der Waals surface area contributed by atoms with Gasteiger partial charge in [-0.15, -0.1) is 12.4 Å². The fourth-order valence-electron chi connectivity index (χ4n) is 0.945. The van der Waals surface area contributed by atoms with Crippen LogP contribution in [0.1, 0.15) is 6.42 Å². The van der Waals surface area contributed by atoms with E-state index in [4.69, 9.17) is 0 Å². The van der Waals surface area contributed by atoms with Crippen LogP contribution in [-0.2, 0) is 0 Å². The molecule has 1 heterocycles. The predicted molar refractivity (Wildman–Crippen MR) is 42.2 cm³/mol. The molecule has 1 unspecified atom stereocenters. The van der Waals surface area contributed by atoms with E-state index in [1.54, 1.807) is 0 Å². The molecule has 1 fully saturated rings. The molecule has 1 saturated heterocycles. The van der Waals surface area contributed by atoms with Gasteiger partial charge >= 0.3 is 0 Å². The minimum absolute atomic E-state index is 0. The Balaban J connectivity index is 0.000000640. The van der Waals surface area contributed by atoms with Gasteiger partial charge in [0.15, 0.2) is 0 Å². The van der Waals surface area contributed by atoms with E-state index in [-0.39, 0.29) is 12.4 Å². The molecule has 0 spiro atoms. The molecule has 1 aliphatic heterocycles. The number of likely N-dealkylation sites (N-methyl/N-ethyl adjacent to an activating group) is 1. The summed E-state index contributed by atoms with van der Waals surface area (Å²) in [4.78, 5) is 2.22. The van der Waals surface area contributed by atoms with Crippen molar-refractivity contribution in [3.05, 3.63) is 0 Å². The molecule has 0 aliphatic carbocycles. The van der Waals surface area contributed by atoms with Crippen LogP contribution in [0.4, 0.5) is 0 Å². The molecule has 0 radical (unpaired) electrons. The Morgan fingerprint density at radius 1 is 1.56 bits per heavy atom. The fourth-order valence-corrected chi connectivity index (χ4v) is 0.945. The lowest BCUT2D eigenvalue weighted by atomic mass is 10.1. The van der Waals surface area contributed by atoms with Crippen LogP contribution in [0, 0.1) is 0 Å². The summed E-state index contributed by atoms with van der Waals surface area (Å²) in [6.45, 7) is 2.42. The first-order valence-electron chi connectivity index (χ1n) is 3.17.